The lowest BCUT2D eigenvalue weighted by Crippen LogP contribution is -2.48. The number of hydrogen-bond acceptors (Lipinski definition) is 3. The maximum atomic E-state index is 11.6. The van der Waals surface area contributed by atoms with Crippen molar-refractivity contribution < 1.29 is 19.1 Å². The first-order chi connectivity index (χ1) is 8.65. The Morgan fingerprint density at radius 1 is 1.39 bits per heavy atom. The average Bonchev–Trinajstić information content (AvgIpc) is 2.41. The Hall–Kier alpha value is -1.81. The van der Waals surface area contributed by atoms with Gasteiger partial charge in [0.1, 0.15) is 0 Å². The van der Waals surface area contributed by atoms with Gasteiger partial charge in [0.05, 0.1) is 13.2 Å². The molecule has 0 bridgehead atoms. The molecule has 0 unspecified atom stereocenters. The van der Waals surface area contributed by atoms with E-state index in [9.17, 15) is 4.79 Å². The molecule has 0 atom stereocenters. The molecule has 5 nitrogen and oxygen atoms in total. The summed E-state index contributed by atoms with van der Waals surface area (Å²) in [5, 5.41) is 0. The SMILES string of the molecule is CC1(C(=O)C=[N+]=[N-])OCC(c2ccccc2)CO1. The Labute approximate surface area is 105 Å². The highest BCUT2D eigenvalue weighted by Gasteiger charge is 2.41. The lowest BCUT2D eigenvalue weighted by Gasteiger charge is -2.34. The summed E-state index contributed by atoms with van der Waals surface area (Å²) < 4.78 is 10.9. The zero-order valence-electron chi connectivity index (χ0n) is 10.1. The summed E-state index contributed by atoms with van der Waals surface area (Å²) >= 11 is 0. The molecule has 94 valence electrons. The molecule has 18 heavy (non-hydrogen) atoms. The Bertz CT molecular complexity index is 472. The quantitative estimate of drug-likeness (QED) is 0.460. The predicted molar refractivity (Wildman–Crippen MR) is 64.2 cm³/mol. The second-order valence-corrected chi connectivity index (χ2v) is 4.28. The van der Waals surface area contributed by atoms with Gasteiger partial charge in [-0.3, -0.25) is 4.79 Å². The fourth-order valence-electron chi connectivity index (χ4n) is 1.84. The summed E-state index contributed by atoms with van der Waals surface area (Å²) in [6, 6.07) is 9.84. The molecular weight excluding hydrogens is 232 g/mol. The highest BCUT2D eigenvalue weighted by molar-refractivity contribution is 6.28. The van der Waals surface area contributed by atoms with Gasteiger partial charge in [-0.05, 0) is 12.5 Å². The van der Waals surface area contributed by atoms with E-state index < -0.39 is 11.6 Å². The Kier molecular flexibility index (Phi) is 3.67. The molecule has 0 spiro atoms. The number of rotatable bonds is 3. The van der Waals surface area contributed by atoms with Gasteiger partial charge < -0.3 is 15.0 Å². The van der Waals surface area contributed by atoms with E-state index in [0.29, 0.717) is 13.2 Å². The van der Waals surface area contributed by atoms with Gasteiger partial charge in [-0.1, -0.05) is 30.3 Å². The second-order valence-electron chi connectivity index (χ2n) is 4.28. The van der Waals surface area contributed by atoms with Gasteiger partial charge in [-0.15, -0.1) is 0 Å². The zero-order chi connectivity index (χ0) is 13.0. The number of ketones is 1. The average molecular weight is 246 g/mol. The summed E-state index contributed by atoms with van der Waals surface area (Å²) in [6.07, 6.45) is 0.794. The van der Waals surface area contributed by atoms with Gasteiger partial charge in [0.2, 0.25) is 5.79 Å². The van der Waals surface area contributed by atoms with Crippen molar-refractivity contribution in [3.05, 3.63) is 41.4 Å². The smallest absolute Gasteiger partial charge is 0.328 e. The monoisotopic (exact) mass is 246 g/mol. The molecule has 0 aromatic heterocycles. The van der Waals surface area contributed by atoms with Crippen molar-refractivity contribution in [3.8, 4) is 0 Å². The van der Waals surface area contributed by atoms with Crippen LogP contribution < -0.4 is 0 Å². The van der Waals surface area contributed by atoms with Crippen LogP contribution in [0.25, 0.3) is 5.53 Å². The van der Waals surface area contributed by atoms with Gasteiger partial charge >= 0.3 is 6.21 Å². The van der Waals surface area contributed by atoms with Crippen molar-refractivity contribution in [3.63, 3.8) is 0 Å². The summed E-state index contributed by atoms with van der Waals surface area (Å²) in [5.41, 5.74) is 9.46. The van der Waals surface area contributed by atoms with Crippen LogP contribution in [0.4, 0.5) is 0 Å². The molecule has 1 heterocycles. The summed E-state index contributed by atoms with van der Waals surface area (Å²) in [5.74, 6) is -1.74. The molecule has 1 aliphatic heterocycles. The highest BCUT2D eigenvalue weighted by atomic mass is 16.7. The Morgan fingerprint density at radius 2 is 2.00 bits per heavy atom. The molecule has 1 aliphatic rings. The summed E-state index contributed by atoms with van der Waals surface area (Å²) in [7, 11) is 0. The standard InChI is InChI=1S/C13H14N2O3/c1-13(12(16)7-15-14)17-8-11(9-18-13)10-5-3-2-4-6-10/h2-7,11H,8-9H2,1H3. The van der Waals surface area contributed by atoms with E-state index >= 15 is 0 Å². The lowest BCUT2D eigenvalue weighted by molar-refractivity contribution is -0.245. The number of hydrogen-bond donors (Lipinski definition) is 0. The maximum absolute atomic E-state index is 11.6. The molecule has 0 aliphatic carbocycles. The van der Waals surface area contributed by atoms with E-state index in [4.69, 9.17) is 15.0 Å². The minimum absolute atomic E-state index is 0.109. The lowest BCUT2D eigenvalue weighted by atomic mass is 9.99. The first-order valence-electron chi connectivity index (χ1n) is 5.70. The normalized spacial score (nSPS) is 27.3. The number of benzene rings is 1. The van der Waals surface area contributed by atoms with Gasteiger partial charge in [-0.25, -0.2) is 0 Å². The first-order valence-corrected chi connectivity index (χ1v) is 5.70. The van der Waals surface area contributed by atoms with Crippen LogP contribution in [0.3, 0.4) is 0 Å². The van der Waals surface area contributed by atoms with Crippen molar-refractivity contribution in [1.82, 2.24) is 0 Å². The van der Waals surface area contributed by atoms with E-state index in [-0.39, 0.29) is 5.92 Å². The number of Topliss-reactive ketones (excluding diaryl/α,β-unsaturated/α-hetero) is 1. The Balaban J connectivity index is 2.04. The van der Waals surface area contributed by atoms with Gasteiger partial charge in [0.15, 0.2) is 0 Å². The maximum Gasteiger partial charge on any atom is 0.328 e. The molecule has 0 radical (unpaired) electrons. The van der Waals surface area contributed by atoms with Crippen LogP contribution in [-0.2, 0) is 14.3 Å². The number of ether oxygens (including phenoxy) is 2. The fraction of sp³-hybridized carbons (Fsp3) is 0.385. The third-order valence-corrected chi connectivity index (χ3v) is 3.01. The third kappa shape index (κ3) is 2.54. The van der Waals surface area contributed by atoms with Crippen LogP contribution in [0.5, 0.6) is 0 Å². The van der Waals surface area contributed by atoms with Crippen molar-refractivity contribution >= 4 is 12.0 Å². The molecule has 0 amide bonds. The molecule has 5 heteroatoms. The van der Waals surface area contributed by atoms with E-state index in [0.717, 1.165) is 11.8 Å². The number of carbonyl (C=O) groups excluding carboxylic acids is 1. The first kappa shape index (κ1) is 12.6. The van der Waals surface area contributed by atoms with Crippen LogP contribution in [0.1, 0.15) is 18.4 Å². The van der Waals surface area contributed by atoms with Crippen LogP contribution >= 0.6 is 0 Å². The van der Waals surface area contributed by atoms with Crippen LogP contribution in [-0.4, -0.2) is 35.8 Å². The molecule has 2 rings (SSSR count). The second kappa shape index (κ2) is 5.23. The molecule has 1 fully saturated rings. The van der Waals surface area contributed by atoms with E-state index in [1.165, 1.54) is 6.92 Å². The summed E-state index contributed by atoms with van der Waals surface area (Å²) in [6.45, 7) is 2.31. The molecule has 1 aromatic rings. The molecule has 1 aromatic carbocycles. The largest absolute Gasteiger partial charge is 0.361 e. The van der Waals surface area contributed by atoms with E-state index in [1.54, 1.807) is 0 Å². The topological polar surface area (TPSA) is 71.9 Å². The van der Waals surface area contributed by atoms with Gasteiger partial charge in [-0.2, -0.15) is 4.79 Å². The van der Waals surface area contributed by atoms with Crippen LogP contribution in [0, 0.1) is 0 Å². The molecule has 1 saturated heterocycles. The van der Waals surface area contributed by atoms with Crippen molar-refractivity contribution in [2.45, 2.75) is 18.6 Å². The molecule has 0 N–H and O–H groups in total. The van der Waals surface area contributed by atoms with Crippen molar-refractivity contribution in [2.24, 2.45) is 0 Å². The zero-order valence-corrected chi connectivity index (χ0v) is 10.1. The Morgan fingerprint density at radius 3 is 2.56 bits per heavy atom. The third-order valence-electron chi connectivity index (χ3n) is 3.01. The number of nitrogens with zero attached hydrogens (tertiary/aromatic N) is 2. The van der Waals surface area contributed by atoms with E-state index in [2.05, 4.69) is 4.79 Å². The molecular formula is C13H14N2O3. The van der Waals surface area contributed by atoms with Crippen molar-refractivity contribution in [1.29, 1.82) is 0 Å². The fourth-order valence-corrected chi connectivity index (χ4v) is 1.84. The summed E-state index contributed by atoms with van der Waals surface area (Å²) in [4.78, 5) is 14.3. The number of carbonyl (C=O) groups is 1. The van der Waals surface area contributed by atoms with Crippen molar-refractivity contribution in [2.75, 3.05) is 13.2 Å². The minimum atomic E-state index is -1.35. The van der Waals surface area contributed by atoms with Crippen LogP contribution in [0.2, 0.25) is 0 Å². The predicted octanol–water partition coefficient (Wildman–Crippen LogP) is 1.40. The molecule has 0 saturated carbocycles. The van der Waals surface area contributed by atoms with Gasteiger partial charge in [0.25, 0.3) is 5.78 Å². The van der Waals surface area contributed by atoms with Gasteiger partial charge in [0, 0.05) is 5.92 Å². The van der Waals surface area contributed by atoms with Crippen LogP contribution in [0.15, 0.2) is 30.3 Å². The van der Waals surface area contributed by atoms with E-state index in [1.807, 2.05) is 30.3 Å². The minimum Gasteiger partial charge on any atom is -0.361 e. The highest BCUT2D eigenvalue weighted by Crippen LogP contribution is 2.27.